The van der Waals surface area contributed by atoms with Crippen molar-refractivity contribution in [3.63, 3.8) is 0 Å². The molecule has 0 unspecified atom stereocenters. The number of carbonyl (C=O) groups is 1. The van der Waals surface area contributed by atoms with E-state index in [1.54, 1.807) is 19.9 Å². The fourth-order valence-corrected chi connectivity index (χ4v) is 4.69. The highest BCUT2D eigenvalue weighted by molar-refractivity contribution is 7.07. The van der Waals surface area contributed by atoms with Crippen LogP contribution in [0.3, 0.4) is 0 Å². The molecule has 1 atom stereocenters. The normalized spacial score (nSPS) is 16.0. The van der Waals surface area contributed by atoms with Crippen LogP contribution in [0.4, 0.5) is 0 Å². The molecule has 1 aliphatic heterocycles. The minimum Gasteiger partial charge on any atom is -0.508 e. The molecular weight excluding hydrogens is 428 g/mol. The first kappa shape index (κ1) is 21.6. The van der Waals surface area contributed by atoms with Gasteiger partial charge in [0.05, 0.1) is 28.5 Å². The van der Waals surface area contributed by atoms with Gasteiger partial charge < -0.3 is 14.9 Å². The molecule has 0 radical (unpaired) electrons. The number of hydrogen-bond acceptors (Lipinski definition) is 7. The second-order valence-corrected chi connectivity index (χ2v) is 8.47. The van der Waals surface area contributed by atoms with E-state index in [1.807, 2.05) is 31.2 Å². The maximum absolute atomic E-state index is 13.5. The van der Waals surface area contributed by atoms with E-state index in [1.165, 1.54) is 34.1 Å². The van der Waals surface area contributed by atoms with E-state index in [0.29, 0.717) is 26.2 Å². The average Bonchev–Trinajstić information content (AvgIpc) is 3.04. The summed E-state index contributed by atoms with van der Waals surface area (Å²) in [6.07, 6.45) is 1.55. The summed E-state index contributed by atoms with van der Waals surface area (Å²) >= 11 is 1.17. The number of aromatic nitrogens is 1. The number of esters is 1. The number of carbonyl (C=O) groups excluding carboxylic acids is 1. The van der Waals surface area contributed by atoms with E-state index in [4.69, 9.17) is 4.74 Å². The number of aromatic hydroxyl groups is 2. The van der Waals surface area contributed by atoms with Gasteiger partial charge in [-0.3, -0.25) is 9.36 Å². The number of thiazole rings is 1. The van der Waals surface area contributed by atoms with Gasteiger partial charge >= 0.3 is 5.97 Å². The van der Waals surface area contributed by atoms with Crippen LogP contribution in [0.5, 0.6) is 11.5 Å². The number of ether oxygens (including phenoxy) is 1. The average molecular weight is 451 g/mol. The molecule has 0 saturated carbocycles. The van der Waals surface area contributed by atoms with Gasteiger partial charge in [0.1, 0.15) is 11.5 Å². The molecule has 2 heterocycles. The smallest absolute Gasteiger partial charge is 0.338 e. The number of benzene rings is 2. The molecule has 0 bridgehead atoms. The Bertz CT molecular complexity index is 1410. The monoisotopic (exact) mass is 450 g/mol. The molecule has 8 heteroatoms. The van der Waals surface area contributed by atoms with Gasteiger partial charge in [-0.05, 0) is 44.5 Å². The zero-order valence-corrected chi connectivity index (χ0v) is 18.6. The Morgan fingerprint density at radius 1 is 1.19 bits per heavy atom. The van der Waals surface area contributed by atoms with Crippen LogP contribution in [0.25, 0.3) is 6.08 Å². The number of fused-ring (bicyclic) bond motifs is 1. The van der Waals surface area contributed by atoms with Crippen LogP contribution >= 0.6 is 11.3 Å². The lowest BCUT2D eigenvalue weighted by atomic mass is 9.95. The van der Waals surface area contributed by atoms with Crippen molar-refractivity contribution in [1.82, 2.24) is 4.57 Å². The molecule has 4 rings (SSSR count). The Kier molecular flexibility index (Phi) is 5.71. The number of phenolic OH excluding ortho intramolecular Hbond substituents is 2. The molecule has 2 N–H and O–H groups in total. The number of rotatable bonds is 4. The molecule has 0 saturated heterocycles. The van der Waals surface area contributed by atoms with Crippen molar-refractivity contribution < 1.29 is 19.7 Å². The van der Waals surface area contributed by atoms with Crippen molar-refractivity contribution in [1.29, 1.82) is 0 Å². The summed E-state index contributed by atoms with van der Waals surface area (Å²) in [6, 6.07) is 11.1. The van der Waals surface area contributed by atoms with Gasteiger partial charge in [-0.25, -0.2) is 9.79 Å². The van der Waals surface area contributed by atoms with Gasteiger partial charge in [-0.15, -0.1) is 0 Å². The van der Waals surface area contributed by atoms with Gasteiger partial charge in [0.25, 0.3) is 5.56 Å². The minimum absolute atomic E-state index is 0.0739. The Hall–Kier alpha value is -3.65. The largest absolute Gasteiger partial charge is 0.508 e. The SMILES string of the molecule is CCOC(=O)C1=C(C)N=c2s/c(=C/c3ccc(O)cc3O)c(=O)n2[C@H]1c1ccc(C)cc1. The summed E-state index contributed by atoms with van der Waals surface area (Å²) in [5, 5.41) is 19.7. The van der Waals surface area contributed by atoms with Crippen LogP contribution in [0, 0.1) is 6.92 Å². The number of allylic oxidation sites excluding steroid dienone is 1. The third-order valence-electron chi connectivity index (χ3n) is 5.21. The zero-order valence-electron chi connectivity index (χ0n) is 17.8. The quantitative estimate of drug-likeness (QED) is 0.595. The highest BCUT2D eigenvalue weighted by Gasteiger charge is 2.33. The predicted molar refractivity (Wildman–Crippen MR) is 121 cm³/mol. The summed E-state index contributed by atoms with van der Waals surface area (Å²) in [5.74, 6) is -0.728. The van der Waals surface area contributed by atoms with Crippen molar-refractivity contribution in [2.45, 2.75) is 26.8 Å². The predicted octanol–water partition coefficient (Wildman–Crippen LogP) is 2.52. The third-order valence-corrected chi connectivity index (χ3v) is 6.19. The van der Waals surface area contributed by atoms with Gasteiger partial charge in [0.2, 0.25) is 0 Å². The third kappa shape index (κ3) is 3.85. The van der Waals surface area contributed by atoms with Crippen LogP contribution in [-0.4, -0.2) is 27.4 Å². The fraction of sp³-hybridized carbons (Fsp3) is 0.208. The van der Waals surface area contributed by atoms with E-state index >= 15 is 0 Å². The van der Waals surface area contributed by atoms with E-state index in [-0.39, 0.29) is 23.7 Å². The fourth-order valence-electron chi connectivity index (χ4n) is 3.65. The lowest BCUT2D eigenvalue weighted by Gasteiger charge is -2.24. The number of phenols is 2. The van der Waals surface area contributed by atoms with Crippen LogP contribution in [0.2, 0.25) is 0 Å². The van der Waals surface area contributed by atoms with Gasteiger partial charge in [-0.1, -0.05) is 41.2 Å². The highest BCUT2D eigenvalue weighted by atomic mass is 32.1. The van der Waals surface area contributed by atoms with Gasteiger partial charge in [0, 0.05) is 11.6 Å². The standard InChI is InChI=1S/C24H22N2O5S/c1-4-31-23(30)20-14(3)25-24-26(21(20)15-7-5-13(2)6-8-15)22(29)19(32-24)11-16-9-10-17(27)12-18(16)28/h5-12,21,27-28H,4H2,1-3H3/b19-11+/t21-/m0/s1. The molecule has 0 fully saturated rings. The van der Waals surface area contributed by atoms with Crippen LogP contribution in [0.15, 0.2) is 63.5 Å². The molecular formula is C24H22N2O5S. The number of hydrogen-bond donors (Lipinski definition) is 2. The lowest BCUT2D eigenvalue weighted by molar-refractivity contribution is -0.139. The highest BCUT2D eigenvalue weighted by Crippen LogP contribution is 2.31. The summed E-state index contributed by atoms with van der Waals surface area (Å²) in [5.41, 5.74) is 2.70. The first-order valence-electron chi connectivity index (χ1n) is 10.1. The topological polar surface area (TPSA) is 101 Å². The molecule has 2 aromatic carbocycles. The van der Waals surface area contributed by atoms with Crippen LogP contribution in [0.1, 0.15) is 36.6 Å². The first-order chi connectivity index (χ1) is 15.3. The molecule has 0 aliphatic carbocycles. The molecule has 7 nitrogen and oxygen atoms in total. The molecule has 1 aliphatic rings. The Morgan fingerprint density at radius 2 is 1.91 bits per heavy atom. The molecule has 32 heavy (non-hydrogen) atoms. The zero-order chi connectivity index (χ0) is 23.0. The molecule has 0 spiro atoms. The second-order valence-electron chi connectivity index (χ2n) is 7.46. The van der Waals surface area contributed by atoms with Crippen molar-refractivity contribution in [3.05, 3.63) is 90.1 Å². The van der Waals surface area contributed by atoms with Crippen molar-refractivity contribution in [2.24, 2.45) is 4.99 Å². The maximum atomic E-state index is 13.5. The molecule has 3 aromatic rings. The Labute approximate surface area is 187 Å². The van der Waals surface area contributed by atoms with Crippen LogP contribution in [-0.2, 0) is 9.53 Å². The van der Waals surface area contributed by atoms with Crippen LogP contribution < -0.4 is 14.9 Å². The summed E-state index contributed by atoms with van der Waals surface area (Å²) in [7, 11) is 0. The first-order valence-corrected chi connectivity index (χ1v) is 10.9. The lowest BCUT2D eigenvalue weighted by Crippen LogP contribution is -2.39. The summed E-state index contributed by atoms with van der Waals surface area (Å²) < 4.78 is 7.12. The van der Waals surface area contributed by atoms with E-state index in [0.717, 1.165) is 11.1 Å². The summed E-state index contributed by atoms with van der Waals surface area (Å²) in [4.78, 5) is 31.3. The maximum Gasteiger partial charge on any atom is 0.338 e. The van der Waals surface area contributed by atoms with Crippen molar-refractivity contribution >= 4 is 23.4 Å². The Morgan fingerprint density at radius 3 is 2.56 bits per heavy atom. The van der Waals surface area contributed by atoms with Gasteiger partial charge in [-0.2, -0.15) is 0 Å². The van der Waals surface area contributed by atoms with E-state index in [2.05, 4.69) is 4.99 Å². The van der Waals surface area contributed by atoms with Crippen molar-refractivity contribution in [2.75, 3.05) is 6.61 Å². The van der Waals surface area contributed by atoms with E-state index in [9.17, 15) is 19.8 Å². The van der Waals surface area contributed by atoms with Gasteiger partial charge in [0.15, 0.2) is 4.80 Å². The summed E-state index contributed by atoms with van der Waals surface area (Å²) in [6.45, 7) is 5.64. The number of aryl methyl sites for hydroxylation is 1. The number of nitrogens with zero attached hydrogens (tertiary/aromatic N) is 2. The molecule has 164 valence electrons. The van der Waals surface area contributed by atoms with E-state index < -0.39 is 12.0 Å². The minimum atomic E-state index is -0.679. The Balaban J connectivity index is 1.96. The molecule has 0 amide bonds. The second kappa shape index (κ2) is 8.47. The van der Waals surface area contributed by atoms with Crippen molar-refractivity contribution in [3.8, 4) is 11.5 Å². The molecule has 1 aromatic heterocycles.